The molecule has 106 valence electrons. The molecule has 0 bridgehead atoms. The molecule has 19 heavy (non-hydrogen) atoms. The topological polar surface area (TPSA) is 25.4 Å². The van der Waals surface area contributed by atoms with Crippen molar-refractivity contribution in [1.29, 1.82) is 0 Å². The molecule has 0 radical (unpaired) electrons. The van der Waals surface area contributed by atoms with E-state index in [2.05, 4.69) is 9.88 Å². The molecule has 0 spiro atoms. The van der Waals surface area contributed by atoms with Crippen LogP contribution in [0.5, 0.6) is 5.75 Å². The molecule has 4 heteroatoms. The van der Waals surface area contributed by atoms with E-state index >= 15 is 0 Å². The second-order valence-corrected chi connectivity index (χ2v) is 5.69. The summed E-state index contributed by atoms with van der Waals surface area (Å²) < 4.78 is 5.89. The van der Waals surface area contributed by atoms with E-state index in [1.54, 1.807) is 0 Å². The van der Waals surface area contributed by atoms with Crippen LogP contribution in [-0.4, -0.2) is 29.6 Å². The smallest absolute Gasteiger partial charge is 0.171 e. The fourth-order valence-electron chi connectivity index (χ4n) is 2.65. The summed E-state index contributed by atoms with van der Waals surface area (Å²) >= 11 is 5.93. The van der Waals surface area contributed by atoms with Crippen LogP contribution in [-0.2, 0) is 0 Å². The highest BCUT2D eigenvalue weighted by atomic mass is 35.5. The van der Waals surface area contributed by atoms with Gasteiger partial charge in [-0.15, -0.1) is 11.6 Å². The minimum absolute atomic E-state index is 0.166. The summed E-state index contributed by atoms with van der Waals surface area (Å²) in [5.74, 6) is 2.57. The van der Waals surface area contributed by atoms with Crippen LogP contribution in [0.25, 0.3) is 0 Å². The number of nitrogens with zero attached hydrogens (tertiary/aromatic N) is 2. The van der Waals surface area contributed by atoms with Gasteiger partial charge in [0.25, 0.3) is 0 Å². The summed E-state index contributed by atoms with van der Waals surface area (Å²) in [4.78, 5) is 6.92. The Balaban J connectivity index is 2.22. The Kier molecular flexibility index (Phi) is 5.32. The van der Waals surface area contributed by atoms with Gasteiger partial charge in [-0.2, -0.15) is 0 Å². The van der Waals surface area contributed by atoms with E-state index < -0.39 is 0 Å². The Morgan fingerprint density at radius 3 is 3.05 bits per heavy atom. The van der Waals surface area contributed by atoms with Crippen molar-refractivity contribution < 1.29 is 4.74 Å². The lowest BCUT2D eigenvalue weighted by atomic mass is 10.00. The summed E-state index contributed by atoms with van der Waals surface area (Å²) in [7, 11) is 0. The molecule has 2 rings (SSSR count). The largest absolute Gasteiger partial charge is 0.487 e. The first-order chi connectivity index (χ1) is 9.22. The highest BCUT2D eigenvalue weighted by molar-refractivity contribution is 6.17. The molecule has 1 aliphatic heterocycles. The molecule has 1 aliphatic rings. The SMILES string of the molecule is CC(C)Oc1cccnc1N1CCCCC1CCCl. The first-order valence-corrected chi connectivity index (χ1v) is 7.70. The zero-order chi connectivity index (χ0) is 13.7. The molecule has 1 saturated heterocycles. The number of pyridine rings is 1. The molecule has 0 aliphatic carbocycles. The monoisotopic (exact) mass is 282 g/mol. The molecule has 0 saturated carbocycles. The summed E-state index contributed by atoms with van der Waals surface area (Å²) in [5, 5.41) is 0. The van der Waals surface area contributed by atoms with Crippen LogP contribution in [0.4, 0.5) is 5.82 Å². The van der Waals surface area contributed by atoms with Crippen molar-refractivity contribution in [1.82, 2.24) is 4.98 Å². The van der Waals surface area contributed by atoms with Crippen molar-refractivity contribution in [3.05, 3.63) is 18.3 Å². The zero-order valence-corrected chi connectivity index (χ0v) is 12.6. The standard InChI is InChI=1S/C15H23ClN2O/c1-12(2)19-14-7-5-10-17-15(14)18-11-4-3-6-13(18)8-9-16/h5,7,10,12-13H,3-4,6,8-9,11H2,1-2H3. The second-order valence-electron chi connectivity index (χ2n) is 5.31. The Bertz CT molecular complexity index is 395. The molecule has 1 unspecified atom stereocenters. The number of alkyl halides is 1. The fourth-order valence-corrected chi connectivity index (χ4v) is 2.90. The maximum absolute atomic E-state index is 5.93. The van der Waals surface area contributed by atoms with Crippen molar-refractivity contribution in [2.45, 2.75) is 51.7 Å². The van der Waals surface area contributed by atoms with Gasteiger partial charge in [-0.3, -0.25) is 0 Å². The molecule has 0 N–H and O–H groups in total. The third-order valence-corrected chi connectivity index (χ3v) is 3.67. The van der Waals surface area contributed by atoms with Crippen LogP contribution in [0, 0.1) is 0 Å². The predicted molar refractivity (Wildman–Crippen MR) is 80.3 cm³/mol. The highest BCUT2D eigenvalue weighted by Crippen LogP contribution is 2.32. The zero-order valence-electron chi connectivity index (χ0n) is 11.8. The minimum Gasteiger partial charge on any atom is -0.487 e. The quantitative estimate of drug-likeness (QED) is 0.767. The molecule has 1 fully saturated rings. The van der Waals surface area contributed by atoms with E-state index in [0.717, 1.165) is 24.5 Å². The van der Waals surface area contributed by atoms with E-state index in [9.17, 15) is 0 Å². The Hall–Kier alpha value is -0.960. The van der Waals surface area contributed by atoms with Gasteiger partial charge in [0.2, 0.25) is 0 Å². The third kappa shape index (κ3) is 3.75. The number of ether oxygens (including phenoxy) is 1. The maximum atomic E-state index is 5.93. The van der Waals surface area contributed by atoms with Gasteiger partial charge >= 0.3 is 0 Å². The molecular weight excluding hydrogens is 260 g/mol. The lowest BCUT2D eigenvalue weighted by Crippen LogP contribution is -2.40. The average molecular weight is 283 g/mol. The van der Waals surface area contributed by atoms with E-state index in [1.165, 1.54) is 19.3 Å². The average Bonchev–Trinajstić information content (AvgIpc) is 2.40. The lowest BCUT2D eigenvalue weighted by Gasteiger charge is -2.37. The Morgan fingerprint density at radius 2 is 2.32 bits per heavy atom. The number of hydrogen-bond donors (Lipinski definition) is 0. The van der Waals surface area contributed by atoms with E-state index in [4.69, 9.17) is 16.3 Å². The van der Waals surface area contributed by atoms with Gasteiger partial charge < -0.3 is 9.64 Å². The molecule has 1 aromatic heterocycles. The molecule has 3 nitrogen and oxygen atoms in total. The van der Waals surface area contributed by atoms with E-state index in [1.807, 2.05) is 32.2 Å². The highest BCUT2D eigenvalue weighted by Gasteiger charge is 2.25. The van der Waals surface area contributed by atoms with E-state index in [0.29, 0.717) is 11.9 Å². The molecular formula is C15H23ClN2O. The summed E-state index contributed by atoms with van der Waals surface area (Å²) in [6, 6.07) is 4.44. The Labute approximate surface area is 120 Å². The third-order valence-electron chi connectivity index (χ3n) is 3.46. The van der Waals surface area contributed by atoms with Gasteiger partial charge in [0.05, 0.1) is 6.10 Å². The lowest BCUT2D eigenvalue weighted by molar-refractivity contribution is 0.241. The van der Waals surface area contributed by atoms with Crippen molar-refractivity contribution in [3.63, 3.8) is 0 Å². The van der Waals surface area contributed by atoms with Crippen molar-refractivity contribution in [2.24, 2.45) is 0 Å². The number of hydrogen-bond acceptors (Lipinski definition) is 3. The van der Waals surface area contributed by atoms with Crippen LogP contribution >= 0.6 is 11.6 Å². The number of halogens is 1. The van der Waals surface area contributed by atoms with E-state index in [-0.39, 0.29) is 6.10 Å². The summed E-state index contributed by atoms with van der Waals surface area (Å²) in [6.07, 6.45) is 6.72. The Morgan fingerprint density at radius 1 is 1.47 bits per heavy atom. The van der Waals surface area contributed by atoms with Crippen LogP contribution < -0.4 is 9.64 Å². The number of rotatable bonds is 5. The predicted octanol–water partition coefficient (Wildman–Crippen LogP) is 3.86. The number of piperidine rings is 1. The summed E-state index contributed by atoms with van der Waals surface area (Å²) in [5.41, 5.74) is 0. The van der Waals surface area contributed by atoms with Crippen LogP contribution in [0.3, 0.4) is 0 Å². The molecule has 0 aromatic carbocycles. The summed E-state index contributed by atoms with van der Waals surface area (Å²) in [6.45, 7) is 5.14. The molecule has 1 aromatic rings. The van der Waals surface area contributed by atoms with Crippen molar-refractivity contribution in [3.8, 4) is 5.75 Å². The molecule has 2 heterocycles. The van der Waals surface area contributed by atoms with Gasteiger partial charge in [0.1, 0.15) is 0 Å². The maximum Gasteiger partial charge on any atom is 0.171 e. The molecule has 1 atom stereocenters. The number of anilines is 1. The second kappa shape index (κ2) is 6.99. The van der Waals surface area contributed by atoms with Gasteiger partial charge in [-0.05, 0) is 51.7 Å². The first kappa shape index (κ1) is 14.4. The van der Waals surface area contributed by atoms with Gasteiger partial charge in [-0.25, -0.2) is 4.98 Å². The first-order valence-electron chi connectivity index (χ1n) is 7.16. The van der Waals surface area contributed by atoms with Gasteiger partial charge in [0.15, 0.2) is 11.6 Å². The fraction of sp³-hybridized carbons (Fsp3) is 0.667. The van der Waals surface area contributed by atoms with Crippen molar-refractivity contribution in [2.75, 3.05) is 17.3 Å². The minimum atomic E-state index is 0.166. The van der Waals surface area contributed by atoms with Gasteiger partial charge in [0, 0.05) is 24.7 Å². The number of aromatic nitrogens is 1. The van der Waals surface area contributed by atoms with Crippen LogP contribution in [0.2, 0.25) is 0 Å². The normalized spacial score (nSPS) is 19.8. The van der Waals surface area contributed by atoms with Crippen LogP contribution in [0.15, 0.2) is 18.3 Å². The van der Waals surface area contributed by atoms with Gasteiger partial charge in [-0.1, -0.05) is 0 Å². The van der Waals surface area contributed by atoms with Crippen LogP contribution in [0.1, 0.15) is 39.5 Å². The van der Waals surface area contributed by atoms with Crippen molar-refractivity contribution >= 4 is 17.4 Å². The molecule has 0 amide bonds.